The Morgan fingerprint density at radius 3 is 2.53 bits per heavy atom. The zero-order chi connectivity index (χ0) is 14.0. The Labute approximate surface area is 119 Å². The molecule has 0 radical (unpaired) electrons. The maximum absolute atomic E-state index is 11.7. The van der Waals surface area contributed by atoms with Crippen LogP contribution in [0.2, 0.25) is 0 Å². The molecule has 1 aromatic rings. The predicted molar refractivity (Wildman–Crippen MR) is 75.3 cm³/mol. The fraction of sp³-hybridized carbons (Fsp3) is 0.364. The molecule has 1 aromatic carbocycles. The van der Waals surface area contributed by atoms with Crippen LogP contribution in [0.25, 0.3) is 0 Å². The van der Waals surface area contributed by atoms with Crippen LogP contribution in [0.3, 0.4) is 0 Å². The molecular weight excluding hydrogens is 334 g/mol. The molecule has 0 heterocycles. The van der Waals surface area contributed by atoms with Gasteiger partial charge in [-0.1, -0.05) is 0 Å². The average Bonchev–Trinajstić information content (AvgIpc) is 2.25. The summed E-state index contributed by atoms with van der Waals surface area (Å²) in [6.07, 6.45) is 3.13. The summed E-state index contributed by atoms with van der Waals surface area (Å²) in [6.45, 7) is 0. The third-order valence-electron chi connectivity index (χ3n) is 2.96. The molecule has 0 saturated heterocycles. The summed E-state index contributed by atoms with van der Waals surface area (Å²) in [5, 5.41) is 10.5. The third kappa shape index (κ3) is 3.68. The number of nitrogens with two attached hydrogens (primary N) is 1. The lowest BCUT2D eigenvalue weighted by molar-refractivity contribution is 0.240. The number of hydrogen-bond acceptors (Lipinski definition) is 3. The minimum Gasteiger partial charge on any atom is -0.335 e. The number of hydrogen-bond donors (Lipinski definition) is 3. The highest BCUT2D eigenvalue weighted by Gasteiger charge is 2.19. The summed E-state index contributed by atoms with van der Waals surface area (Å²) in [5.74, 6) is 0. The topological polar surface area (TPSA) is 101 Å². The number of anilines is 1. The van der Waals surface area contributed by atoms with Crippen LogP contribution in [0.4, 0.5) is 10.5 Å². The van der Waals surface area contributed by atoms with Crippen LogP contribution in [-0.2, 0) is 10.0 Å². The molecule has 0 unspecified atom stereocenters. The van der Waals surface area contributed by atoms with Gasteiger partial charge in [0.2, 0.25) is 10.0 Å². The third-order valence-corrected chi connectivity index (χ3v) is 4.52. The van der Waals surface area contributed by atoms with Gasteiger partial charge in [-0.25, -0.2) is 18.4 Å². The highest BCUT2D eigenvalue weighted by molar-refractivity contribution is 9.10. The van der Waals surface area contributed by atoms with E-state index in [0.29, 0.717) is 10.2 Å². The molecule has 1 aliphatic rings. The summed E-state index contributed by atoms with van der Waals surface area (Å²) in [7, 11) is -3.74. The zero-order valence-electron chi connectivity index (χ0n) is 10.0. The molecule has 1 saturated carbocycles. The van der Waals surface area contributed by atoms with E-state index in [4.69, 9.17) is 5.14 Å². The Bertz CT molecular complexity index is 599. The van der Waals surface area contributed by atoms with Crippen molar-refractivity contribution in [2.75, 3.05) is 5.32 Å². The van der Waals surface area contributed by atoms with Crippen molar-refractivity contribution < 1.29 is 13.2 Å². The lowest BCUT2D eigenvalue weighted by atomic mass is 9.93. The SMILES string of the molecule is NS(=O)(=O)c1ccc(NC(=O)NC2CCC2)c(Br)c1. The Morgan fingerprint density at radius 2 is 2.05 bits per heavy atom. The molecule has 0 bridgehead atoms. The fourth-order valence-corrected chi connectivity index (χ4v) is 2.84. The van der Waals surface area contributed by atoms with Gasteiger partial charge >= 0.3 is 6.03 Å². The monoisotopic (exact) mass is 347 g/mol. The van der Waals surface area contributed by atoms with E-state index in [2.05, 4.69) is 26.6 Å². The lowest BCUT2D eigenvalue weighted by Gasteiger charge is -2.26. The average molecular weight is 348 g/mol. The molecule has 1 aliphatic carbocycles. The van der Waals surface area contributed by atoms with Gasteiger partial charge in [0.25, 0.3) is 0 Å². The molecule has 1 fully saturated rings. The quantitative estimate of drug-likeness (QED) is 0.776. The number of nitrogens with one attached hydrogen (secondary N) is 2. The van der Waals surface area contributed by atoms with E-state index in [1.165, 1.54) is 18.2 Å². The lowest BCUT2D eigenvalue weighted by Crippen LogP contribution is -2.41. The standard InChI is InChI=1S/C11H14BrN3O3S/c12-9-6-8(19(13,17)18)4-5-10(9)15-11(16)14-7-2-1-3-7/h4-7H,1-3H2,(H2,13,17,18)(H2,14,15,16). The van der Waals surface area contributed by atoms with Gasteiger partial charge in [0, 0.05) is 10.5 Å². The van der Waals surface area contributed by atoms with Crippen molar-refractivity contribution in [3.63, 3.8) is 0 Å². The van der Waals surface area contributed by atoms with Crippen molar-refractivity contribution >= 4 is 37.7 Å². The number of amides is 2. The van der Waals surface area contributed by atoms with Crippen molar-refractivity contribution in [1.29, 1.82) is 0 Å². The molecule has 104 valence electrons. The van der Waals surface area contributed by atoms with Crippen LogP contribution < -0.4 is 15.8 Å². The summed E-state index contributed by atoms with van der Waals surface area (Å²) >= 11 is 3.20. The number of urea groups is 1. The van der Waals surface area contributed by atoms with E-state index in [1.54, 1.807) is 0 Å². The molecule has 2 amide bonds. The fourth-order valence-electron chi connectivity index (χ4n) is 1.67. The largest absolute Gasteiger partial charge is 0.335 e. The van der Waals surface area contributed by atoms with Gasteiger partial charge in [-0.05, 0) is 53.4 Å². The van der Waals surface area contributed by atoms with Gasteiger partial charge in [-0.15, -0.1) is 0 Å². The normalized spacial score (nSPS) is 15.7. The van der Waals surface area contributed by atoms with Crippen molar-refractivity contribution in [2.45, 2.75) is 30.2 Å². The van der Waals surface area contributed by atoms with Crippen LogP contribution in [0, 0.1) is 0 Å². The highest BCUT2D eigenvalue weighted by Crippen LogP contribution is 2.25. The summed E-state index contributed by atoms with van der Waals surface area (Å²) < 4.78 is 22.8. The van der Waals surface area contributed by atoms with E-state index >= 15 is 0 Å². The molecule has 8 heteroatoms. The van der Waals surface area contributed by atoms with Gasteiger partial charge in [0.15, 0.2) is 0 Å². The van der Waals surface area contributed by atoms with E-state index in [0.717, 1.165) is 19.3 Å². The second-order valence-corrected chi connectivity index (χ2v) is 6.83. The summed E-state index contributed by atoms with van der Waals surface area (Å²) in [4.78, 5) is 11.7. The first-order valence-electron chi connectivity index (χ1n) is 5.76. The Hall–Kier alpha value is -1.12. The van der Waals surface area contributed by atoms with Crippen molar-refractivity contribution in [3.05, 3.63) is 22.7 Å². The maximum atomic E-state index is 11.7. The van der Waals surface area contributed by atoms with Crippen LogP contribution in [0.15, 0.2) is 27.6 Å². The van der Waals surface area contributed by atoms with Crippen molar-refractivity contribution in [3.8, 4) is 0 Å². The molecule has 2 rings (SSSR count). The first kappa shape index (κ1) is 14.3. The summed E-state index contributed by atoms with van der Waals surface area (Å²) in [6, 6.07) is 4.13. The Morgan fingerprint density at radius 1 is 1.37 bits per heavy atom. The van der Waals surface area contributed by atoms with E-state index < -0.39 is 10.0 Å². The molecule has 0 spiro atoms. The van der Waals surface area contributed by atoms with Crippen LogP contribution in [-0.4, -0.2) is 20.5 Å². The second kappa shape index (κ2) is 5.48. The zero-order valence-corrected chi connectivity index (χ0v) is 12.4. The molecular formula is C11H14BrN3O3S. The Kier molecular flexibility index (Phi) is 4.12. The number of carbonyl (C=O) groups excluding carboxylic acids is 1. The van der Waals surface area contributed by atoms with Gasteiger partial charge in [0.1, 0.15) is 0 Å². The molecule has 0 aliphatic heterocycles. The van der Waals surface area contributed by atoms with Gasteiger partial charge in [0.05, 0.1) is 10.6 Å². The van der Waals surface area contributed by atoms with Crippen molar-refractivity contribution in [1.82, 2.24) is 5.32 Å². The van der Waals surface area contributed by atoms with E-state index in [-0.39, 0.29) is 17.0 Å². The van der Waals surface area contributed by atoms with E-state index in [1.807, 2.05) is 0 Å². The van der Waals surface area contributed by atoms with Crippen molar-refractivity contribution in [2.24, 2.45) is 5.14 Å². The molecule has 6 nitrogen and oxygen atoms in total. The summed E-state index contributed by atoms with van der Waals surface area (Å²) in [5.41, 5.74) is 0.490. The number of halogens is 1. The highest BCUT2D eigenvalue weighted by atomic mass is 79.9. The Balaban J connectivity index is 2.06. The number of sulfonamides is 1. The number of carbonyl (C=O) groups is 1. The molecule has 0 atom stereocenters. The molecule has 19 heavy (non-hydrogen) atoms. The first-order valence-corrected chi connectivity index (χ1v) is 8.10. The second-order valence-electron chi connectivity index (χ2n) is 4.41. The number of rotatable bonds is 3. The number of primary sulfonamides is 1. The number of benzene rings is 1. The molecule has 0 aromatic heterocycles. The molecule has 4 N–H and O–H groups in total. The van der Waals surface area contributed by atoms with Gasteiger partial charge in [-0.3, -0.25) is 0 Å². The van der Waals surface area contributed by atoms with Gasteiger partial charge < -0.3 is 10.6 Å². The smallest absolute Gasteiger partial charge is 0.319 e. The predicted octanol–water partition coefficient (Wildman–Crippen LogP) is 1.77. The first-order chi connectivity index (χ1) is 8.86. The van der Waals surface area contributed by atoms with Gasteiger partial charge in [-0.2, -0.15) is 0 Å². The van der Waals surface area contributed by atoms with E-state index in [9.17, 15) is 13.2 Å². The van der Waals surface area contributed by atoms with Crippen LogP contribution >= 0.6 is 15.9 Å². The van der Waals surface area contributed by atoms with Crippen LogP contribution in [0.5, 0.6) is 0 Å². The van der Waals surface area contributed by atoms with Crippen LogP contribution in [0.1, 0.15) is 19.3 Å². The minimum absolute atomic E-state index is 0.00988. The maximum Gasteiger partial charge on any atom is 0.319 e. The minimum atomic E-state index is -3.74.